The summed E-state index contributed by atoms with van der Waals surface area (Å²) in [6.45, 7) is 0. The first kappa shape index (κ1) is 19.9. The van der Waals surface area contributed by atoms with Crippen LogP contribution in [0.1, 0.15) is 5.56 Å². The second kappa shape index (κ2) is 8.18. The Bertz CT molecular complexity index is 1250. The molecule has 0 aliphatic heterocycles. The lowest BCUT2D eigenvalue weighted by Crippen LogP contribution is -1.91. The third kappa shape index (κ3) is 4.03. The molecule has 4 aromatic rings. The number of hydrogen-bond donors (Lipinski definition) is 1. The maximum atomic E-state index is 10.4. The van der Waals surface area contributed by atoms with E-state index in [1.807, 2.05) is 24.3 Å². The highest BCUT2D eigenvalue weighted by Crippen LogP contribution is 2.39. The molecule has 1 aromatic heterocycles. The lowest BCUT2D eigenvalue weighted by atomic mass is 10.2. The first-order valence-electron chi connectivity index (χ1n) is 8.42. The minimum absolute atomic E-state index is 0.00270. The van der Waals surface area contributed by atoms with E-state index in [2.05, 4.69) is 41.8 Å². The molecule has 0 saturated carbocycles. The highest BCUT2D eigenvalue weighted by atomic mass is 79.9. The highest BCUT2D eigenvalue weighted by Gasteiger charge is 2.14. The predicted molar refractivity (Wildman–Crippen MR) is 122 cm³/mol. The van der Waals surface area contributed by atoms with E-state index >= 15 is 0 Å². The first-order chi connectivity index (χ1) is 14.0. The van der Waals surface area contributed by atoms with E-state index in [0.717, 1.165) is 10.0 Å². The lowest BCUT2D eigenvalue weighted by Gasteiger charge is -2.09. The molecule has 0 fully saturated rings. The Hall–Kier alpha value is -2.35. The van der Waals surface area contributed by atoms with E-state index < -0.39 is 0 Å². The van der Waals surface area contributed by atoms with Crippen molar-refractivity contribution in [1.29, 1.82) is 0 Å². The number of phenolic OH excluding ortho intramolecular Hbond substituents is 1. The molecule has 29 heavy (non-hydrogen) atoms. The molecular weight excluding hydrogens is 524 g/mol. The smallest absolute Gasteiger partial charge is 0.227 e. The second-order valence-electron chi connectivity index (χ2n) is 6.08. The largest absolute Gasteiger partial charge is 0.504 e. The average molecular weight is 537 g/mol. The van der Waals surface area contributed by atoms with Crippen LogP contribution in [0.5, 0.6) is 11.5 Å². The number of aliphatic imine (C=N–C) groups is 1. The highest BCUT2D eigenvalue weighted by molar-refractivity contribution is 9.13. The SMILES string of the molecule is COc1cc(Br)c(Br)c(C=Nc2ccc3oc(-c4cccc(Cl)c4)nc3c2)c1O. The average Bonchev–Trinajstić information content (AvgIpc) is 3.14. The molecule has 146 valence electrons. The normalized spacial score (nSPS) is 11.4. The fourth-order valence-electron chi connectivity index (χ4n) is 2.77. The van der Waals surface area contributed by atoms with Gasteiger partial charge in [0.1, 0.15) is 5.52 Å². The standard InChI is InChI=1S/C21H13Br2ClN2O3/c1-28-18-9-15(22)19(23)14(20(18)27)10-25-13-5-6-17-16(8-13)26-21(29-17)11-3-2-4-12(24)7-11/h2-10,27H,1H3. The summed E-state index contributed by atoms with van der Waals surface area (Å²) in [4.78, 5) is 9.00. The molecule has 3 aromatic carbocycles. The van der Waals surface area contributed by atoms with Crippen molar-refractivity contribution in [1.82, 2.24) is 4.98 Å². The fourth-order valence-corrected chi connectivity index (χ4v) is 3.78. The number of hydrogen-bond acceptors (Lipinski definition) is 5. The zero-order chi connectivity index (χ0) is 20.5. The third-order valence-electron chi connectivity index (χ3n) is 4.20. The van der Waals surface area contributed by atoms with Gasteiger partial charge in [-0.2, -0.15) is 0 Å². The number of rotatable bonds is 4. The third-order valence-corrected chi connectivity index (χ3v) is 6.44. The molecule has 0 spiro atoms. The van der Waals surface area contributed by atoms with Crippen LogP contribution in [0.4, 0.5) is 5.69 Å². The van der Waals surface area contributed by atoms with E-state index in [9.17, 15) is 5.11 Å². The molecule has 0 amide bonds. The van der Waals surface area contributed by atoms with Crippen LogP contribution in [-0.4, -0.2) is 23.4 Å². The number of phenols is 1. The molecular formula is C21H13Br2ClN2O3. The monoisotopic (exact) mass is 534 g/mol. The van der Waals surface area contributed by atoms with Crippen LogP contribution in [0, 0.1) is 0 Å². The van der Waals surface area contributed by atoms with Crippen LogP contribution in [0.25, 0.3) is 22.6 Å². The Kier molecular flexibility index (Phi) is 5.63. The number of benzene rings is 3. The number of halogens is 3. The zero-order valence-electron chi connectivity index (χ0n) is 15.0. The summed E-state index contributed by atoms with van der Waals surface area (Å²) < 4.78 is 12.4. The summed E-state index contributed by atoms with van der Waals surface area (Å²) in [6.07, 6.45) is 1.56. The number of ether oxygens (including phenoxy) is 1. The van der Waals surface area contributed by atoms with Crippen molar-refractivity contribution < 1.29 is 14.3 Å². The molecule has 0 radical (unpaired) electrons. The number of oxazole rings is 1. The predicted octanol–water partition coefficient (Wildman–Crippen LogP) is 7.14. The van der Waals surface area contributed by atoms with E-state index in [4.69, 9.17) is 20.8 Å². The molecule has 0 bridgehead atoms. The summed E-state index contributed by atoms with van der Waals surface area (Å²) in [5.41, 5.74) is 3.27. The molecule has 0 aliphatic carbocycles. The van der Waals surface area contributed by atoms with Gasteiger partial charge >= 0.3 is 0 Å². The van der Waals surface area contributed by atoms with Gasteiger partial charge in [0.2, 0.25) is 5.89 Å². The van der Waals surface area contributed by atoms with Crippen LogP contribution < -0.4 is 4.74 Å². The summed E-state index contributed by atoms with van der Waals surface area (Å²) >= 11 is 12.9. The van der Waals surface area contributed by atoms with Crippen molar-refractivity contribution in [2.24, 2.45) is 4.99 Å². The van der Waals surface area contributed by atoms with Crippen LogP contribution in [-0.2, 0) is 0 Å². The van der Waals surface area contributed by atoms with Crippen molar-refractivity contribution in [2.75, 3.05) is 7.11 Å². The Morgan fingerprint density at radius 1 is 1.17 bits per heavy atom. The number of aromatic nitrogens is 1. The van der Waals surface area contributed by atoms with E-state index in [1.165, 1.54) is 7.11 Å². The van der Waals surface area contributed by atoms with E-state index in [0.29, 0.717) is 43.5 Å². The quantitative estimate of drug-likeness (QED) is 0.282. The number of aromatic hydroxyl groups is 1. The van der Waals surface area contributed by atoms with E-state index in [1.54, 1.807) is 30.5 Å². The van der Waals surface area contributed by atoms with Crippen molar-refractivity contribution >= 4 is 66.5 Å². The van der Waals surface area contributed by atoms with Gasteiger partial charge < -0.3 is 14.3 Å². The van der Waals surface area contributed by atoms with Gasteiger partial charge in [-0.05, 0) is 74.3 Å². The van der Waals surface area contributed by atoms with Crippen molar-refractivity contribution in [3.63, 3.8) is 0 Å². The topological polar surface area (TPSA) is 67.9 Å². The number of fused-ring (bicyclic) bond motifs is 1. The molecule has 0 atom stereocenters. The zero-order valence-corrected chi connectivity index (χ0v) is 18.9. The molecule has 8 heteroatoms. The van der Waals surface area contributed by atoms with Gasteiger partial charge in [-0.3, -0.25) is 4.99 Å². The molecule has 4 rings (SSSR count). The fraction of sp³-hybridized carbons (Fsp3) is 0.0476. The lowest BCUT2D eigenvalue weighted by molar-refractivity contribution is 0.372. The summed E-state index contributed by atoms with van der Waals surface area (Å²) in [5.74, 6) is 0.831. The molecule has 0 aliphatic rings. The minimum atomic E-state index is -0.00270. The van der Waals surface area contributed by atoms with Gasteiger partial charge in [0.05, 0.1) is 18.4 Å². The molecule has 0 saturated heterocycles. The molecule has 0 unspecified atom stereocenters. The van der Waals surface area contributed by atoms with Gasteiger partial charge in [0.25, 0.3) is 0 Å². The van der Waals surface area contributed by atoms with Gasteiger partial charge in [0, 0.05) is 25.7 Å². The number of nitrogens with zero attached hydrogens (tertiary/aromatic N) is 2. The molecule has 1 heterocycles. The molecule has 5 nitrogen and oxygen atoms in total. The van der Waals surface area contributed by atoms with Gasteiger partial charge in [-0.1, -0.05) is 17.7 Å². The van der Waals surface area contributed by atoms with Crippen LogP contribution in [0.2, 0.25) is 5.02 Å². The van der Waals surface area contributed by atoms with Gasteiger partial charge in [-0.15, -0.1) is 0 Å². The Labute approximate surface area is 188 Å². The maximum absolute atomic E-state index is 10.4. The van der Waals surface area contributed by atoms with Crippen LogP contribution in [0.15, 0.2) is 66.9 Å². The summed E-state index contributed by atoms with van der Waals surface area (Å²) in [6, 6.07) is 14.4. The van der Waals surface area contributed by atoms with Gasteiger partial charge in [-0.25, -0.2) is 4.98 Å². The second-order valence-corrected chi connectivity index (χ2v) is 8.16. The maximum Gasteiger partial charge on any atom is 0.227 e. The van der Waals surface area contributed by atoms with Gasteiger partial charge in [0.15, 0.2) is 17.1 Å². The first-order valence-corrected chi connectivity index (χ1v) is 10.4. The number of methoxy groups -OCH3 is 1. The van der Waals surface area contributed by atoms with E-state index in [-0.39, 0.29) is 5.75 Å². The summed E-state index contributed by atoms with van der Waals surface area (Å²) in [5, 5.41) is 11.0. The van der Waals surface area contributed by atoms with Crippen LogP contribution in [0.3, 0.4) is 0 Å². The Balaban J connectivity index is 1.70. The van der Waals surface area contributed by atoms with Crippen molar-refractivity contribution in [3.8, 4) is 23.0 Å². The van der Waals surface area contributed by atoms with Crippen molar-refractivity contribution in [2.45, 2.75) is 0 Å². The Morgan fingerprint density at radius 2 is 2.00 bits per heavy atom. The minimum Gasteiger partial charge on any atom is -0.504 e. The van der Waals surface area contributed by atoms with Crippen LogP contribution >= 0.6 is 43.5 Å². The van der Waals surface area contributed by atoms with Crippen molar-refractivity contribution in [3.05, 3.63) is 68.1 Å². The Morgan fingerprint density at radius 3 is 2.76 bits per heavy atom. The summed E-state index contributed by atoms with van der Waals surface area (Å²) in [7, 11) is 1.49. The molecule has 1 N–H and O–H groups in total.